The van der Waals surface area contributed by atoms with Crippen molar-refractivity contribution in [2.75, 3.05) is 31.6 Å². The summed E-state index contributed by atoms with van der Waals surface area (Å²) in [5.74, 6) is 2.01. The van der Waals surface area contributed by atoms with Gasteiger partial charge >= 0.3 is 0 Å². The molecule has 9 heteroatoms. The van der Waals surface area contributed by atoms with Gasteiger partial charge in [0.25, 0.3) is 0 Å². The van der Waals surface area contributed by atoms with Gasteiger partial charge in [-0.15, -0.1) is 0 Å². The van der Waals surface area contributed by atoms with Crippen molar-refractivity contribution in [1.82, 2.24) is 29.4 Å². The fraction of sp³-hybridized carbons (Fsp3) is 0.500. The van der Waals surface area contributed by atoms with Crippen molar-refractivity contribution in [3.8, 4) is 11.4 Å². The first-order valence-corrected chi connectivity index (χ1v) is 10.9. The van der Waals surface area contributed by atoms with Crippen LogP contribution in [0.5, 0.6) is 0 Å². The number of hydrogen-bond donors (Lipinski definition) is 1. The van der Waals surface area contributed by atoms with Crippen molar-refractivity contribution in [3.63, 3.8) is 0 Å². The summed E-state index contributed by atoms with van der Waals surface area (Å²) < 4.78 is 7.47. The van der Waals surface area contributed by atoms with Crippen LogP contribution in [0.3, 0.4) is 0 Å². The molecule has 0 spiro atoms. The summed E-state index contributed by atoms with van der Waals surface area (Å²) in [5.41, 5.74) is 3.24. The molecule has 31 heavy (non-hydrogen) atoms. The molecule has 2 aliphatic rings. The molecule has 1 unspecified atom stereocenters. The minimum Gasteiger partial charge on any atom is -0.378 e. The van der Waals surface area contributed by atoms with Gasteiger partial charge in [-0.25, -0.2) is 19.9 Å². The Bertz CT molecular complexity index is 1090. The largest absolute Gasteiger partial charge is 0.378 e. The van der Waals surface area contributed by atoms with Crippen molar-refractivity contribution < 1.29 is 9.53 Å². The predicted octanol–water partition coefficient (Wildman–Crippen LogP) is 2.27. The Morgan fingerprint density at radius 2 is 1.97 bits per heavy atom. The molecular formula is C22H27N7O2. The zero-order chi connectivity index (χ0) is 21.4. The SMILES string of the molecule is CCn1c(-c2cnc(C)nc2)nc2c(NC(C(=O)N3CCOCC3)C3CC3)ccnc21. The highest BCUT2D eigenvalue weighted by Gasteiger charge is 2.39. The number of aryl methyl sites for hydroxylation is 2. The van der Waals surface area contributed by atoms with Crippen LogP contribution in [0.25, 0.3) is 22.6 Å². The summed E-state index contributed by atoms with van der Waals surface area (Å²) in [6.45, 7) is 7.15. The lowest BCUT2D eigenvalue weighted by Gasteiger charge is -2.31. The molecule has 1 N–H and O–H groups in total. The molecule has 1 aliphatic carbocycles. The fourth-order valence-corrected chi connectivity index (χ4v) is 4.12. The van der Waals surface area contributed by atoms with E-state index in [1.807, 2.05) is 17.9 Å². The summed E-state index contributed by atoms with van der Waals surface area (Å²) >= 11 is 0. The normalized spacial score (nSPS) is 17.7. The van der Waals surface area contributed by atoms with Crippen LogP contribution >= 0.6 is 0 Å². The number of carbonyl (C=O) groups excluding carboxylic acids is 1. The maximum Gasteiger partial charge on any atom is 0.245 e. The maximum absolute atomic E-state index is 13.3. The Kier molecular flexibility index (Phi) is 5.27. The van der Waals surface area contributed by atoms with Crippen LogP contribution in [-0.2, 0) is 16.1 Å². The van der Waals surface area contributed by atoms with Crippen molar-refractivity contribution in [3.05, 3.63) is 30.5 Å². The van der Waals surface area contributed by atoms with E-state index in [0.717, 1.165) is 53.4 Å². The van der Waals surface area contributed by atoms with Crippen LogP contribution in [0.1, 0.15) is 25.6 Å². The number of nitrogens with zero attached hydrogens (tertiary/aromatic N) is 6. The van der Waals surface area contributed by atoms with Crippen LogP contribution in [-0.4, -0.2) is 67.7 Å². The Morgan fingerprint density at radius 3 is 2.65 bits per heavy atom. The number of fused-ring (bicyclic) bond motifs is 1. The van der Waals surface area contributed by atoms with Crippen LogP contribution in [0.15, 0.2) is 24.7 Å². The molecule has 4 heterocycles. The van der Waals surface area contributed by atoms with E-state index in [0.29, 0.717) is 32.2 Å². The molecule has 0 bridgehead atoms. The number of carbonyl (C=O) groups is 1. The summed E-state index contributed by atoms with van der Waals surface area (Å²) in [4.78, 5) is 33.3. The van der Waals surface area contributed by atoms with Crippen molar-refractivity contribution in [2.24, 2.45) is 5.92 Å². The number of morpholine rings is 1. The van der Waals surface area contributed by atoms with Crippen LogP contribution in [0.2, 0.25) is 0 Å². The highest BCUT2D eigenvalue weighted by atomic mass is 16.5. The quantitative estimate of drug-likeness (QED) is 0.652. The van der Waals surface area contributed by atoms with Gasteiger partial charge in [0.1, 0.15) is 23.2 Å². The van der Waals surface area contributed by atoms with Gasteiger partial charge in [-0.05, 0) is 38.7 Å². The van der Waals surface area contributed by atoms with E-state index in [2.05, 4.69) is 31.8 Å². The van der Waals surface area contributed by atoms with Crippen LogP contribution < -0.4 is 5.32 Å². The Labute approximate surface area is 180 Å². The third kappa shape index (κ3) is 3.85. The van der Waals surface area contributed by atoms with E-state index >= 15 is 0 Å². The van der Waals surface area contributed by atoms with Gasteiger partial charge in [0.15, 0.2) is 5.65 Å². The number of hydrogen-bond acceptors (Lipinski definition) is 7. The summed E-state index contributed by atoms with van der Waals surface area (Å²) in [5, 5.41) is 3.53. The average Bonchev–Trinajstić information content (AvgIpc) is 3.57. The molecule has 0 aromatic carbocycles. The molecule has 5 rings (SSSR count). The number of pyridine rings is 1. The van der Waals surface area contributed by atoms with Crippen molar-refractivity contribution in [1.29, 1.82) is 0 Å². The van der Waals surface area contributed by atoms with E-state index in [1.54, 1.807) is 18.6 Å². The number of aromatic nitrogens is 5. The molecule has 2 fully saturated rings. The first-order chi connectivity index (χ1) is 15.2. The van der Waals surface area contributed by atoms with E-state index in [-0.39, 0.29) is 11.9 Å². The number of rotatable bonds is 6. The molecule has 3 aromatic rings. The topological polar surface area (TPSA) is 98.1 Å². The van der Waals surface area contributed by atoms with Crippen molar-refractivity contribution in [2.45, 2.75) is 39.3 Å². The van der Waals surface area contributed by atoms with E-state index < -0.39 is 0 Å². The molecule has 1 saturated carbocycles. The minimum atomic E-state index is -0.248. The van der Waals surface area contributed by atoms with Crippen LogP contribution in [0, 0.1) is 12.8 Å². The monoisotopic (exact) mass is 421 g/mol. The Morgan fingerprint density at radius 1 is 1.23 bits per heavy atom. The lowest BCUT2D eigenvalue weighted by molar-refractivity contribution is -0.136. The molecule has 1 atom stereocenters. The van der Waals surface area contributed by atoms with Gasteiger partial charge in [-0.2, -0.15) is 0 Å². The molecule has 3 aromatic heterocycles. The summed E-state index contributed by atoms with van der Waals surface area (Å²) in [7, 11) is 0. The van der Waals surface area contributed by atoms with Gasteiger partial charge in [0.2, 0.25) is 5.91 Å². The summed E-state index contributed by atoms with van der Waals surface area (Å²) in [6, 6.07) is 1.66. The number of ether oxygens (including phenoxy) is 1. The van der Waals surface area contributed by atoms with E-state index in [4.69, 9.17) is 9.72 Å². The second-order valence-corrected chi connectivity index (χ2v) is 8.13. The highest BCUT2D eigenvalue weighted by Crippen LogP contribution is 2.36. The third-order valence-corrected chi connectivity index (χ3v) is 5.98. The number of amides is 1. The fourth-order valence-electron chi connectivity index (χ4n) is 4.12. The lowest BCUT2D eigenvalue weighted by Crippen LogP contribution is -2.48. The number of anilines is 1. The second kappa shape index (κ2) is 8.22. The molecule has 1 amide bonds. The standard InChI is InChI=1S/C22H27N7O2/c1-3-29-20(16-12-24-14(2)25-13-16)27-19-17(6-7-23-21(19)29)26-18(15-4-5-15)22(30)28-8-10-31-11-9-28/h6-7,12-13,15,18H,3-5,8-11H2,1-2H3,(H,23,26). The molecule has 1 saturated heterocycles. The number of nitrogens with one attached hydrogen (secondary N) is 1. The molecule has 9 nitrogen and oxygen atoms in total. The Hall–Kier alpha value is -3.07. The number of imidazole rings is 1. The van der Waals surface area contributed by atoms with Gasteiger partial charge in [0, 0.05) is 38.2 Å². The second-order valence-electron chi connectivity index (χ2n) is 8.13. The lowest BCUT2D eigenvalue weighted by atomic mass is 10.1. The molecular weight excluding hydrogens is 394 g/mol. The summed E-state index contributed by atoms with van der Waals surface area (Å²) in [6.07, 6.45) is 7.49. The van der Waals surface area contributed by atoms with E-state index in [1.165, 1.54) is 0 Å². The average molecular weight is 422 g/mol. The first-order valence-electron chi connectivity index (χ1n) is 10.9. The Balaban J connectivity index is 1.50. The van der Waals surface area contributed by atoms with Crippen molar-refractivity contribution >= 4 is 22.8 Å². The molecule has 0 radical (unpaired) electrons. The zero-order valence-corrected chi connectivity index (χ0v) is 17.9. The minimum absolute atomic E-state index is 0.151. The predicted molar refractivity (Wildman–Crippen MR) is 116 cm³/mol. The zero-order valence-electron chi connectivity index (χ0n) is 17.9. The smallest absolute Gasteiger partial charge is 0.245 e. The van der Waals surface area contributed by atoms with Gasteiger partial charge in [-0.1, -0.05) is 0 Å². The van der Waals surface area contributed by atoms with Gasteiger partial charge in [0.05, 0.1) is 24.5 Å². The highest BCUT2D eigenvalue weighted by molar-refractivity contribution is 5.92. The van der Waals surface area contributed by atoms with Gasteiger partial charge in [-0.3, -0.25) is 4.79 Å². The molecule has 162 valence electrons. The maximum atomic E-state index is 13.3. The third-order valence-electron chi connectivity index (χ3n) is 5.98. The van der Waals surface area contributed by atoms with Crippen LogP contribution in [0.4, 0.5) is 5.69 Å². The first kappa shape index (κ1) is 19.9. The van der Waals surface area contributed by atoms with E-state index in [9.17, 15) is 4.79 Å². The molecule has 1 aliphatic heterocycles. The van der Waals surface area contributed by atoms with Gasteiger partial charge < -0.3 is 19.5 Å².